The molecule has 4 aromatic rings. The molecule has 5 heteroatoms. The molecule has 0 aliphatic rings. The average Bonchev–Trinajstić information content (AvgIpc) is 3.08. The molecule has 0 bridgehead atoms. The summed E-state index contributed by atoms with van der Waals surface area (Å²) in [6.45, 7) is 0.523. The molecule has 0 saturated carbocycles. The number of amides is 1. The minimum atomic E-state index is -0.0301. The third-order valence-corrected chi connectivity index (χ3v) is 4.43. The number of nitrogens with one attached hydrogen (secondary N) is 1. The van der Waals surface area contributed by atoms with E-state index in [2.05, 4.69) is 16.5 Å². The van der Waals surface area contributed by atoms with E-state index in [-0.39, 0.29) is 5.91 Å². The lowest BCUT2D eigenvalue weighted by Crippen LogP contribution is -2.14. The summed E-state index contributed by atoms with van der Waals surface area (Å²) in [5, 5.41) is 10.6. The molecule has 0 aliphatic carbocycles. The number of hydrogen-bond acceptors (Lipinski definition) is 3. The van der Waals surface area contributed by atoms with Gasteiger partial charge in [-0.3, -0.25) is 9.48 Å². The first-order valence-electron chi connectivity index (χ1n) is 8.51. The lowest BCUT2D eigenvalue weighted by molar-refractivity contribution is -0.116. The molecule has 1 aromatic heterocycles. The molecule has 3 aromatic carbocycles. The first-order valence-corrected chi connectivity index (χ1v) is 8.51. The van der Waals surface area contributed by atoms with Crippen LogP contribution in [0.5, 0.6) is 5.75 Å². The highest BCUT2D eigenvalue weighted by atomic mass is 16.5. The second-order valence-electron chi connectivity index (χ2n) is 6.15. The van der Waals surface area contributed by atoms with E-state index in [0.717, 1.165) is 33.1 Å². The zero-order chi connectivity index (χ0) is 17.9. The molecule has 5 nitrogen and oxygen atoms in total. The fourth-order valence-corrected chi connectivity index (χ4v) is 3.07. The summed E-state index contributed by atoms with van der Waals surface area (Å²) in [4.78, 5) is 12.3. The minimum absolute atomic E-state index is 0.0301. The zero-order valence-electron chi connectivity index (χ0n) is 14.5. The summed E-state index contributed by atoms with van der Waals surface area (Å²) < 4.78 is 7.07. The third-order valence-electron chi connectivity index (χ3n) is 4.43. The summed E-state index contributed by atoms with van der Waals surface area (Å²) in [6, 6.07) is 19.8. The quantitative estimate of drug-likeness (QED) is 0.589. The zero-order valence-corrected chi connectivity index (χ0v) is 14.5. The summed E-state index contributed by atoms with van der Waals surface area (Å²) >= 11 is 0. The molecule has 130 valence electrons. The molecule has 1 amide bonds. The van der Waals surface area contributed by atoms with E-state index >= 15 is 0 Å². The Morgan fingerprint density at radius 2 is 1.88 bits per heavy atom. The van der Waals surface area contributed by atoms with Crippen LogP contribution < -0.4 is 10.1 Å². The lowest BCUT2D eigenvalue weighted by atomic mass is 10.1. The Hall–Kier alpha value is -3.34. The number of anilines is 1. The summed E-state index contributed by atoms with van der Waals surface area (Å²) in [7, 11) is 1.64. The standard InChI is InChI=1S/C21H19N3O2/c1-26-19-8-9-20-17(13-19)14-22-24(20)11-10-21(25)23-18-7-6-15-4-2-3-5-16(15)12-18/h2-9,12-14H,10-11H2,1H3,(H,23,25). The highest BCUT2D eigenvalue weighted by Gasteiger charge is 2.08. The van der Waals surface area contributed by atoms with E-state index in [4.69, 9.17) is 4.74 Å². The van der Waals surface area contributed by atoms with Crippen molar-refractivity contribution in [3.8, 4) is 5.75 Å². The second-order valence-corrected chi connectivity index (χ2v) is 6.15. The Kier molecular flexibility index (Phi) is 4.27. The smallest absolute Gasteiger partial charge is 0.226 e. The van der Waals surface area contributed by atoms with Crippen LogP contribution in [0.25, 0.3) is 21.7 Å². The van der Waals surface area contributed by atoms with Crippen LogP contribution >= 0.6 is 0 Å². The lowest BCUT2D eigenvalue weighted by Gasteiger charge is -2.08. The number of rotatable bonds is 5. The van der Waals surface area contributed by atoms with Gasteiger partial charge in [-0.15, -0.1) is 0 Å². The van der Waals surface area contributed by atoms with Crippen molar-refractivity contribution < 1.29 is 9.53 Å². The molecule has 0 aliphatic heterocycles. The van der Waals surface area contributed by atoms with Crippen LogP contribution in [0.4, 0.5) is 5.69 Å². The van der Waals surface area contributed by atoms with Crippen molar-refractivity contribution in [1.29, 1.82) is 0 Å². The van der Waals surface area contributed by atoms with E-state index in [1.165, 1.54) is 0 Å². The Labute approximate surface area is 151 Å². The van der Waals surface area contributed by atoms with Gasteiger partial charge in [0.05, 0.1) is 25.4 Å². The van der Waals surface area contributed by atoms with Crippen molar-refractivity contribution in [2.45, 2.75) is 13.0 Å². The number of carbonyl (C=O) groups is 1. The van der Waals surface area contributed by atoms with E-state index in [1.807, 2.05) is 59.3 Å². The predicted octanol–water partition coefficient (Wildman–Crippen LogP) is 4.23. The van der Waals surface area contributed by atoms with Crippen molar-refractivity contribution in [2.24, 2.45) is 0 Å². The molecule has 26 heavy (non-hydrogen) atoms. The monoisotopic (exact) mass is 345 g/mol. The molecule has 1 heterocycles. The Morgan fingerprint density at radius 1 is 1.04 bits per heavy atom. The van der Waals surface area contributed by atoms with Crippen molar-refractivity contribution in [3.05, 3.63) is 66.9 Å². The van der Waals surface area contributed by atoms with E-state index < -0.39 is 0 Å². The van der Waals surface area contributed by atoms with Gasteiger partial charge in [0, 0.05) is 17.5 Å². The van der Waals surface area contributed by atoms with Crippen LogP contribution in [0.3, 0.4) is 0 Å². The SMILES string of the molecule is COc1ccc2c(cnn2CCC(=O)Nc2ccc3ccccc3c2)c1. The van der Waals surface area contributed by atoms with Crippen molar-refractivity contribution in [2.75, 3.05) is 12.4 Å². The normalized spacial score (nSPS) is 11.0. The van der Waals surface area contributed by atoms with Crippen molar-refractivity contribution >= 4 is 33.3 Å². The molecule has 0 unspecified atom stereocenters. The molecule has 0 spiro atoms. The molecule has 0 fully saturated rings. The number of aromatic nitrogens is 2. The first kappa shape index (κ1) is 16.1. The van der Waals surface area contributed by atoms with E-state index in [1.54, 1.807) is 13.3 Å². The number of benzene rings is 3. The van der Waals surface area contributed by atoms with Crippen molar-refractivity contribution in [1.82, 2.24) is 9.78 Å². The Morgan fingerprint density at radius 3 is 2.73 bits per heavy atom. The summed E-state index contributed by atoms with van der Waals surface area (Å²) in [5.74, 6) is 0.767. The Bertz CT molecular complexity index is 1080. The van der Waals surface area contributed by atoms with Gasteiger partial charge < -0.3 is 10.1 Å². The molecular weight excluding hydrogens is 326 g/mol. The first-order chi connectivity index (χ1) is 12.7. The minimum Gasteiger partial charge on any atom is -0.497 e. The van der Waals surface area contributed by atoms with Crippen LogP contribution in [0.15, 0.2) is 66.9 Å². The van der Waals surface area contributed by atoms with Crippen LogP contribution in [0.2, 0.25) is 0 Å². The molecule has 0 radical (unpaired) electrons. The number of aryl methyl sites for hydroxylation is 1. The predicted molar refractivity (Wildman–Crippen MR) is 103 cm³/mol. The van der Waals surface area contributed by atoms with Gasteiger partial charge in [0.15, 0.2) is 0 Å². The topological polar surface area (TPSA) is 56.2 Å². The molecule has 0 atom stereocenters. The number of nitrogens with zero attached hydrogens (tertiary/aromatic N) is 2. The van der Waals surface area contributed by atoms with Crippen LogP contribution in [0.1, 0.15) is 6.42 Å². The van der Waals surface area contributed by atoms with Crippen LogP contribution in [-0.2, 0) is 11.3 Å². The highest BCUT2D eigenvalue weighted by molar-refractivity contribution is 5.94. The molecule has 1 N–H and O–H groups in total. The third kappa shape index (κ3) is 3.24. The fraction of sp³-hybridized carbons (Fsp3) is 0.143. The van der Waals surface area contributed by atoms with Gasteiger partial charge in [0.1, 0.15) is 5.75 Å². The molecular formula is C21H19N3O2. The van der Waals surface area contributed by atoms with Crippen LogP contribution in [0, 0.1) is 0 Å². The van der Waals surface area contributed by atoms with Gasteiger partial charge in [-0.2, -0.15) is 5.10 Å². The van der Waals surface area contributed by atoms with Crippen LogP contribution in [-0.4, -0.2) is 22.8 Å². The highest BCUT2D eigenvalue weighted by Crippen LogP contribution is 2.21. The van der Waals surface area contributed by atoms with Gasteiger partial charge in [0.2, 0.25) is 5.91 Å². The fourth-order valence-electron chi connectivity index (χ4n) is 3.07. The number of carbonyl (C=O) groups excluding carboxylic acids is 1. The maximum absolute atomic E-state index is 12.3. The number of ether oxygens (including phenoxy) is 1. The van der Waals surface area contributed by atoms with Gasteiger partial charge in [0.25, 0.3) is 0 Å². The van der Waals surface area contributed by atoms with Gasteiger partial charge >= 0.3 is 0 Å². The maximum atomic E-state index is 12.3. The van der Waals surface area contributed by atoms with Gasteiger partial charge in [-0.25, -0.2) is 0 Å². The average molecular weight is 345 g/mol. The van der Waals surface area contributed by atoms with E-state index in [0.29, 0.717) is 13.0 Å². The summed E-state index contributed by atoms with van der Waals surface area (Å²) in [6.07, 6.45) is 2.15. The number of hydrogen-bond donors (Lipinski definition) is 1. The van der Waals surface area contributed by atoms with Gasteiger partial charge in [-0.1, -0.05) is 30.3 Å². The van der Waals surface area contributed by atoms with E-state index in [9.17, 15) is 4.79 Å². The second kappa shape index (κ2) is 6.88. The maximum Gasteiger partial charge on any atom is 0.226 e. The largest absolute Gasteiger partial charge is 0.497 e. The summed E-state index contributed by atoms with van der Waals surface area (Å²) in [5.41, 5.74) is 1.80. The molecule has 4 rings (SSSR count). The number of methoxy groups -OCH3 is 1. The Balaban J connectivity index is 1.43. The van der Waals surface area contributed by atoms with Gasteiger partial charge in [-0.05, 0) is 41.1 Å². The van der Waals surface area contributed by atoms with Crippen molar-refractivity contribution in [3.63, 3.8) is 0 Å². The molecule has 0 saturated heterocycles. The number of fused-ring (bicyclic) bond motifs is 2.